The molecule has 1 aliphatic rings. The summed E-state index contributed by atoms with van der Waals surface area (Å²) in [4.78, 5) is 14.7. The van der Waals surface area contributed by atoms with E-state index in [-0.39, 0.29) is 5.91 Å². The Morgan fingerprint density at radius 3 is 2.75 bits per heavy atom. The second-order valence-electron chi connectivity index (χ2n) is 5.74. The predicted octanol–water partition coefficient (Wildman–Crippen LogP) is 2.74. The van der Waals surface area contributed by atoms with E-state index in [2.05, 4.69) is 6.92 Å². The number of hydrogen-bond donors (Lipinski definition) is 1. The summed E-state index contributed by atoms with van der Waals surface area (Å²) in [5.74, 6) is 0.127. The summed E-state index contributed by atoms with van der Waals surface area (Å²) in [5, 5.41) is 0. The van der Waals surface area contributed by atoms with Gasteiger partial charge in [0, 0.05) is 12.6 Å². The van der Waals surface area contributed by atoms with Crippen LogP contribution in [-0.4, -0.2) is 29.4 Å². The fraction of sp³-hybridized carbons (Fsp3) is 0.588. The Morgan fingerprint density at radius 2 is 2.05 bits per heavy atom. The maximum Gasteiger partial charge on any atom is 0.240 e. The molecule has 3 heteroatoms. The molecule has 0 bridgehead atoms. The first kappa shape index (κ1) is 15.0. The van der Waals surface area contributed by atoms with Gasteiger partial charge in [0.1, 0.15) is 0 Å². The van der Waals surface area contributed by atoms with E-state index in [1.165, 1.54) is 12.8 Å². The third kappa shape index (κ3) is 3.83. The van der Waals surface area contributed by atoms with Crippen LogP contribution >= 0.6 is 0 Å². The molecule has 1 saturated heterocycles. The Balaban J connectivity index is 2.00. The molecule has 2 unspecified atom stereocenters. The van der Waals surface area contributed by atoms with Crippen LogP contribution in [0.5, 0.6) is 0 Å². The summed E-state index contributed by atoms with van der Waals surface area (Å²) < 4.78 is 0. The van der Waals surface area contributed by atoms with Crippen molar-refractivity contribution >= 4 is 5.91 Å². The number of nitrogens with two attached hydrogens (primary N) is 1. The maximum atomic E-state index is 12.6. The van der Waals surface area contributed by atoms with E-state index < -0.39 is 6.04 Å². The fourth-order valence-electron chi connectivity index (χ4n) is 3.06. The average Bonchev–Trinajstić information content (AvgIpc) is 2.72. The Labute approximate surface area is 122 Å². The molecule has 1 amide bonds. The minimum atomic E-state index is -0.412. The average molecular weight is 274 g/mol. The zero-order chi connectivity index (χ0) is 14.4. The lowest BCUT2D eigenvalue weighted by atomic mass is 10.0. The molecule has 1 aromatic rings. The number of likely N-dealkylation sites (tertiary alicyclic amines) is 1. The Kier molecular flexibility index (Phi) is 5.60. The van der Waals surface area contributed by atoms with E-state index in [1.807, 2.05) is 35.2 Å². The normalized spacial score (nSPS) is 21.3. The second-order valence-corrected chi connectivity index (χ2v) is 5.74. The van der Waals surface area contributed by atoms with Crippen molar-refractivity contribution in [2.24, 2.45) is 5.73 Å². The molecule has 2 rings (SSSR count). The molecule has 2 atom stereocenters. The minimum absolute atomic E-state index is 0.127. The highest BCUT2D eigenvalue weighted by Crippen LogP contribution is 2.20. The smallest absolute Gasteiger partial charge is 0.240 e. The summed E-state index contributed by atoms with van der Waals surface area (Å²) >= 11 is 0. The standard InChI is InChI=1S/C17H26N2O/c1-2-15-11-7-4-8-12-19(15)17(20)16(18)13-14-9-5-3-6-10-14/h3,5-6,9-10,15-16H,2,4,7-8,11-13,18H2,1H3. The number of hydrogen-bond acceptors (Lipinski definition) is 2. The van der Waals surface area contributed by atoms with Crippen LogP contribution in [-0.2, 0) is 11.2 Å². The van der Waals surface area contributed by atoms with Crippen molar-refractivity contribution in [1.29, 1.82) is 0 Å². The fourth-order valence-corrected chi connectivity index (χ4v) is 3.06. The molecule has 3 nitrogen and oxygen atoms in total. The van der Waals surface area contributed by atoms with Gasteiger partial charge in [0.15, 0.2) is 0 Å². The van der Waals surface area contributed by atoms with Gasteiger partial charge in [0.25, 0.3) is 0 Å². The van der Waals surface area contributed by atoms with Crippen molar-refractivity contribution in [2.45, 2.75) is 57.5 Å². The van der Waals surface area contributed by atoms with E-state index in [0.29, 0.717) is 12.5 Å². The van der Waals surface area contributed by atoms with Crippen LogP contribution in [0.3, 0.4) is 0 Å². The molecule has 0 spiro atoms. The SMILES string of the molecule is CCC1CCCCCN1C(=O)C(N)Cc1ccccc1. The lowest BCUT2D eigenvalue weighted by Crippen LogP contribution is -2.49. The van der Waals surface area contributed by atoms with Crippen molar-refractivity contribution in [2.75, 3.05) is 6.54 Å². The van der Waals surface area contributed by atoms with Gasteiger partial charge in [-0.2, -0.15) is 0 Å². The van der Waals surface area contributed by atoms with Crippen molar-refractivity contribution in [1.82, 2.24) is 4.90 Å². The number of amides is 1. The molecule has 0 aliphatic carbocycles. The molecule has 20 heavy (non-hydrogen) atoms. The highest BCUT2D eigenvalue weighted by molar-refractivity contribution is 5.82. The zero-order valence-electron chi connectivity index (χ0n) is 12.4. The molecule has 110 valence electrons. The van der Waals surface area contributed by atoms with Gasteiger partial charge in [-0.25, -0.2) is 0 Å². The molecular weight excluding hydrogens is 248 g/mol. The summed E-state index contributed by atoms with van der Waals surface area (Å²) in [6.45, 7) is 3.04. The van der Waals surface area contributed by atoms with E-state index >= 15 is 0 Å². The van der Waals surface area contributed by atoms with Gasteiger partial charge in [-0.15, -0.1) is 0 Å². The van der Waals surface area contributed by atoms with E-state index in [4.69, 9.17) is 5.73 Å². The molecule has 0 aromatic heterocycles. The predicted molar refractivity (Wildman–Crippen MR) is 82.4 cm³/mol. The number of rotatable bonds is 4. The summed E-state index contributed by atoms with van der Waals surface area (Å²) in [5.41, 5.74) is 7.29. The van der Waals surface area contributed by atoms with Crippen molar-refractivity contribution in [3.8, 4) is 0 Å². The first-order valence-corrected chi connectivity index (χ1v) is 7.82. The number of nitrogens with zero attached hydrogens (tertiary/aromatic N) is 1. The van der Waals surface area contributed by atoms with E-state index in [9.17, 15) is 4.79 Å². The summed E-state index contributed by atoms with van der Waals surface area (Å²) in [6, 6.07) is 10.0. The molecule has 1 aliphatic heterocycles. The van der Waals surface area contributed by atoms with Gasteiger partial charge in [0.05, 0.1) is 6.04 Å². The first-order valence-electron chi connectivity index (χ1n) is 7.82. The monoisotopic (exact) mass is 274 g/mol. The lowest BCUT2D eigenvalue weighted by molar-refractivity contribution is -0.134. The molecule has 1 heterocycles. The van der Waals surface area contributed by atoms with Gasteiger partial charge < -0.3 is 10.6 Å². The second kappa shape index (κ2) is 7.44. The van der Waals surface area contributed by atoms with Crippen LogP contribution in [0.4, 0.5) is 0 Å². The van der Waals surface area contributed by atoms with Gasteiger partial charge in [-0.3, -0.25) is 4.79 Å². The summed E-state index contributed by atoms with van der Waals surface area (Å²) in [6.07, 6.45) is 6.36. The molecule has 0 radical (unpaired) electrons. The van der Waals surface area contributed by atoms with Gasteiger partial charge in [0.2, 0.25) is 5.91 Å². The zero-order valence-corrected chi connectivity index (χ0v) is 12.4. The van der Waals surface area contributed by atoms with Crippen molar-refractivity contribution < 1.29 is 4.79 Å². The maximum absolute atomic E-state index is 12.6. The van der Waals surface area contributed by atoms with Crippen molar-refractivity contribution in [3.63, 3.8) is 0 Å². The molecule has 1 aromatic carbocycles. The number of benzene rings is 1. The van der Waals surface area contributed by atoms with Gasteiger partial charge >= 0.3 is 0 Å². The van der Waals surface area contributed by atoms with Crippen LogP contribution in [0.2, 0.25) is 0 Å². The largest absolute Gasteiger partial charge is 0.338 e. The van der Waals surface area contributed by atoms with E-state index in [1.54, 1.807) is 0 Å². The quantitative estimate of drug-likeness (QED) is 0.917. The molecule has 1 fully saturated rings. The topological polar surface area (TPSA) is 46.3 Å². The lowest BCUT2D eigenvalue weighted by Gasteiger charge is -2.31. The number of carbonyl (C=O) groups is 1. The Bertz CT molecular complexity index is 418. The Hall–Kier alpha value is -1.35. The van der Waals surface area contributed by atoms with Crippen LogP contribution < -0.4 is 5.73 Å². The van der Waals surface area contributed by atoms with Crippen LogP contribution in [0.15, 0.2) is 30.3 Å². The van der Waals surface area contributed by atoms with Crippen LogP contribution in [0.25, 0.3) is 0 Å². The third-order valence-corrected chi connectivity index (χ3v) is 4.25. The molecular formula is C17H26N2O. The molecule has 2 N–H and O–H groups in total. The summed E-state index contributed by atoms with van der Waals surface area (Å²) in [7, 11) is 0. The highest BCUT2D eigenvalue weighted by atomic mass is 16.2. The minimum Gasteiger partial charge on any atom is -0.338 e. The Morgan fingerprint density at radius 1 is 1.30 bits per heavy atom. The number of carbonyl (C=O) groups excluding carboxylic acids is 1. The molecule has 0 saturated carbocycles. The van der Waals surface area contributed by atoms with Crippen LogP contribution in [0, 0.1) is 0 Å². The van der Waals surface area contributed by atoms with Crippen molar-refractivity contribution in [3.05, 3.63) is 35.9 Å². The third-order valence-electron chi connectivity index (χ3n) is 4.25. The highest BCUT2D eigenvalue weighted by Gasteiger charge is 2.27. The first-order chi connectivity index (χ1) is 9.72. The van der Waals surface area contributed by atoms with E-state index in [0.717, 1.165) is 31.4 Å². The van der Waals surface area contributed by atoms with Gasteiger partial charge in [-0.05, 0) is 31.2 Å². The van der Waals surface area contributed by atoms with Gasteiger partial charge in [-0.1, -0.05) is 50.1 Å². The van der Waals surface area contributed by atoms with Crippen LogP contribution in [0.1, 0.15) is 44.6 Å².